The van der Waals surface area contributed by atoms with E-state index < -0.39 is 0 Å². The van der Waals surface area contributed by atoms with Crippen LogP contribution in [0.25, 0.3) is 0 Å². The molecular weight excluding hydrogens is 242 g/mol. The highest BCUT2D eigenvalue weighted by Crippen LogP contribution is 2.29. The molecule has 1 N–H and O–H groups in total. The van der Waals surface area contributed by atoms with Gasteiger partial charge in [0.1, 0.15) is 0 Å². The Hall–Kier alpha value is -1.65. The van der Waals surface area contributed by atoms with Crippen LogP contribution in [0.1, 0.15) is 38.3 Å². The van der Waals surface area contributed by atoms with Crippen molar-refractivity contribution >= 4 is 11.5 Å². The normalized spacial score (nSPS) is 23.1. The topological polar surface area (TPSA) is 68.1 Å². The van der Waals surface area contributed by atoms with Crippen LogP contribution < -0.4 is 5.32 Å². The quantitative estimate of drug-likeness (QED) is 0.666. The highest BCUT2D eigenvalue weighted by Gasteiger charge is 2.21. The first-order valence-corrected chi connectivity index (χ1v) is 6.92. The number of pyridine rings is 1. The summed E-state index contributed by atoms with van der Waals surface area (Å²) in [6.07, 6.45) is 4.97. The third kappa shape index (κ3) is 3.66. The van der Waals surface area contributed by atoms with E-state index in [0.717, 1.165) is 18.2 Å². The SMILES string of the molecule is Cc1ccc([N+](=O)[O-])c(NCC2CCCC(C)C2)n1. The first-order valence-electron chi connectivity index (χ1n) is 6.92. The van der Waals surface area contributed by atoms with Crippen molar-refractivity contribution in [3.63, 3.8) is 0 Å². The molecule has 0 spiro atoms. The van der Waals surface area contributed by atoms with Crippen LogP contribution in [0.15, 0.2) is 12.1 Å². The van der Waals surface area contributed by atoms with E-state index in [1.807, 2.05) is 6.92 Å². The van der Waals surface area contributed by atoms with Gasteiger partial charge < -0.3 is 5.32 Å². The molecule has 2 atom stereocenters. The Kier molecular flexibility index (Phi) is 4.35. The molecule has 2 unspecified atom stereocenters. The van der Waals surface area contributed by atoms with E-state index in [1.54, 1.807) is 6.07 Å². The molecule has 5 heteroatoms. The summed E-state index contributed by atoms with van der Waals surface area (Å²) < 4.78 is 0. The zero-order valence-electron chi connectivity index (χ0n) is 11.6. The van der Waals surface area contributed by atoms with Gasteiger partial charge >= 0.3 is 5.69 Å². The van der Waals surface area contributed by atoms with Crippen LogP contribution in [-0.4, -0.2) is 16.5 Å². The lowest BCUT2D eigenvalue weighted by Crippen LogP contribution is -2.21. The summed E-state index contributed by atoms with van der Waals surface area (Å²) in [5.41, 5.74) is 0.861. The van der Waals surface area contributed by atoms with Crippen LogP contribution in [0.3, 0.4) is 0 Å². The molecular formula is C14H21N3O2. The minimum Gasteiger partial charge on any atom is -0.364 e. The Bertz CT molecular complexity index is 462. The van der Waals surface area contributed by atoms with Gasteiger partial charge in [0, 0.05) is 18.3 Å². The molecule has 1 saturated carbocycles. The number of anilines is 1. The predicted molar refractivity (Wildman–Crippen MR) is 75.2 cm³/mol. The van der Waals surface area contributed by atoms with Gasteiger partial charge in [0.25, 0.3) is 0 Å². The molecule has 0 aliphatic heterocycles. The number of rotatable bonds is 4. The summed E-state index contributed by atoms with van der Waals surface area (Å²) in [5.74, 6) is 1.77. The number of hydrogen-bond donors (Lipinski definition) is 1. The van der Waals surface area contributed by atoms with Gasteiger partial charge in [-0.15, -0.1) is 0 Å². The first kappa shape index (κ1) is 13.8. The summed E-state index contributed by atoms with van der Waals surface area (Å²) in [7, 11) is 0. The monoisotopic (exact) mass is 263 g/mol. The van der Waals surface area contributed by atoms with E-state index in [-0.39, 0.29) is 10.6 Å². The van der Waals surface area contributed by atoms with Crippen LogP contribution in [0.2, 0.25) is 0 Å². The number of nitrogens with one attached hydrogen (secondary N) is 1. The fourth-order valence-electron chi connectivity index (χ4n) is 2.81. The Morgan fingerprint density at radius 1 is 1.47 bits per heavy atom. The van der Waals surface area contributed by atoms with Gasteiger partial charge in [-0.3, -0.25) is 10.1 Å². The standard InChI is InChI=1S/C14H21N3O2/c1-10-4-3-5-12(8-10)9-15-14-13(17(18)19)7-6-11(2)16-14/h6-7,10,12H,3-5,8-9H2,1-2H3,(H,15,16). The van der Waals surface area contributed by atoms with Crippen LogP contribution in [0.4, 0.5) is 11.5 Å². The first-order chi connectivity index (χ1) is 9.06. The van der Waals surface area contributed by atoms with E-state index in [0.29, 0.717) is 11.7 Å². The van der Waals surface area contributed by atoms with Crippen molar-refractivity contribution in [2.24, 2.45) is 11.8 Å². The Morgan fingerprint density at radius 2 is 2.26 bits per heavy atom. The van der Waals surface area contributed by atoms with Crippen molar-refractivity contribution in [2.75, 3.05) is 11.9 Å². The van der Waals surface area contributed by atoms with Crippen molar-refractivity contribution in [1.82, 2.24) is 4.98 Å². The minimum atomic E-state index is -0.377. The van der Waals surface area contributed by atoms with Crippen molar-refractivity contribution in [2.45, 2.75) is 39.5 Å². The van der Waals surface area contributed by atoms with Crippen LogP contribution >= 0.6 is 0 Å². The molecule has 0 saturated heterocycles. The van der Waals surface area contributed by atoms with Crippen LogP contribution in [0, 0.1) is 28.9 Å². The smallest absolute Gasteiger partial charge is 0.311 e. The molecule has 1 aliphatic rings. The largest absolute Gasteiger partial charge is 0.364 e. The molecule has 1 aromatic heterocycles. The molecule has 1 heterocycles. The third-order valence-corrected chi connectivity index (χ3v) is 3.81. The summed E-state index contributed by atoms with van der Waals surface area (Å²) >= 11 is 0. The van der Waals surface area contributed by atoms with Gasteiger partial charge in [-0.25, -0.2) is 4.98 Å². The minimum absolute atomic E-state index is 0.0643. The van der Waals surface area contributed by atoms with Crippen molar-refractivity contribution in [3.05, 3.63) is 27.9 Å². The lowest BCUT2D eigenvalue weighted by Gasteiger charge is -2.26. The summed E-state index contributed by atoms with van der Waals surface area (Å²) in [6.45, 7) is 4.90. The van der Waals surface area contributed by atoms with E-state index in [2.05, 4.69) is 17.2 Å². The van der Waals surface area contributed by atoms with E-state index in [1.165, 1.54) is 31.7 Å². The maximum atomic E-state index is 11.0. The molecule has 0 amide bonds. The predicted octanol–water partition coefficient (Wildman–Crippen LogP) is 3.54. The fourth-order valence-corrected chi connectivity index (χ4v) is 2.81. The fraction of sp³-hybridized carbons (Fsp3) is 0.643. The highest BCUT2D eigenvalue weighted by atomic mass is 16.6. The number of aromatic nitrogens is 1. The van der Waals surface area contributed by atoms with Gasteiger partial charge in [0.05, 0.1) is 4.92 Å². The molecule has 1 fully saturated rings. The molecule has 19 heavy (non-hydrogen) atoms. The molecule has 2 rings (SSSR count). The number of nitrogens with zero attached hydrogens (tertiary/aromatic N) is 2. The molecule has 0 radical (unpaired) electrons. The molecule has 1 aromatic rings. The third-order valence-electron chi connectivity index (χ3n) is 3.81. The number of hydrogen-bond acceptors (Lipinski definition) is 4. The average molecular weight is 263 g/mol. The van der Waals surface area contributed by atoms with E-state index in [4.69, 9.17) is 0 Å². The highest BCUT2D eigenvalue weighted by molar-refractivity contribution is 5.56. The average Bonchev–Trinajstić information content (AvgIpc) is 2.36. The zero-order chi connectivity index (χ0) is 13.8. The van der Waals surface area contributed by atoms with Crippen molar-refractivity contribution in [1.29, 1.82) is 0 Å². The molecule has 5 nitrogen and oxygen atoms in total. The van der Waals surface area contributed by atoms with Gasteiger partial charge in [0.2, 0.25) is 5.82 Å². The van der Waals surface area contributed by atoms with Gasteiger partial charge in [-0.1, -0.05) is 19.8 Å². The second-order valence-electron chi connectivity index (χ2n) is 5.60. The lowest BCUT2D eigenvalue weighted by molar-refractivity contribution is -0.384. The van der Waals surface area contributed by atoms with Crippen molar-refractivity contribution < 1.29 is 4.92 Å². The zero-order valence-corrected chi connectivity index (χ0v) is 11.6. The Labute approximate surface area is 113 Å². The summed E-state index contributed by atoms with van der Waals surface area (Å²) in [6, 6.07) is 3.19. The molecule has 1 aliphatic carbocycles. The maximum absolute atomic E-state index is 11.0. The van der Waals surface area contributed by atoms with Gasteiger partial charge in [0.15, 0.2) is 0 Å². The van der Waals surface area contributed by atoms with E-state index >= 15 is 0 Å². The Balaban J connectivity index is 2.02. The summed E-state index contributed by atoms with van der Waals surface area (Å²) in [5, 5.41) is 14.1. The number of nitro groups is 1. The van der Waals surface area contributed by atoms with E-state index in [9.17, 15) is 10.1 Å². The number of aryl methyl sites for hydroxylation is 1. The second kappa shape index (κ2) is 5.99. The van der Waals surface area contributed by atoms with Crippen LogP contribution in [-0.2, 0) is 0 Å². The van der Waals surface area contributed by atoms with Crippen molar-refractivity contribution in [3.8, 4) is 0 Å². The lowest BCUT2D eigenvalue weighted by atomic mass is 9.82. The van der Waals surface area contributed by atoms with Gasteiger partial charge in [-0.2, -0.15) is 0 Å². The molecule has 0 aromatic carbocycles. The Morgan fingerprint density at radius 3 is 2.95 bits per heavy atom. The molecule has 104 valence electrons. The maximum Gasteiger partial charge on any atom is 0.311 e. The van der Waals surface area contributed by atoms with Gasteiger partial charge in [-0.05, 0) is 37.7 Å². The summed E-state index contributed by atoms with van der Waals surface area (Å²) in [4.78, 5) is 14.8. The molecule has 0 bridgehead atoms. The van der Waals surface area contributed by atoms with Crippen LogP contribution in [0.5, 0.6) is 0 Å². The second-order valence-corrected chi connectivity index (χ2v) is 5.60.